The summed E-state index contributed by atoms with van der Waals surface area (Å²) < 4.78 is 44.2. The molecule has 3 nitrogen and oxygen atoms in total. The first-order valence-corrected chi connectivity index (χ1v) is 7.42. The monoisotopic (exact) mass is 333 g/mol. The number of halogens is 3. The highest BCUT2D eigenvalue weighted by molar-refractivity contribution is 5.89. The number of rotatable bonds is 5. The van der Waals surface area contributed by atoms with E-state index >= 15 is 0 Å². The fourth-order valence-electron chi connectivity index (χ4n) is 2.49. The minimum Gasteiger partial charge on any atom is -0.462 e. The fraction of sp³-hybridized carbons (Fsp3) is 0.167. The Morgan fingerprint density at radius 1 is 1.04 bits per heavy atom. The van der Waals surface area contributed by atoms with E-state index in [1.54, 1.807) is 12.3 Å². The molecule has 0 amide bonds. The summed E-state index contributed by atoms with van der Waals surface area (Å²) in [6, 6.07) is 7.35. The zero-order chi connectivity index (χ0) is 17.1. The molecular formula is C18H14F3NO2. The molecule has 1 N–H and O–H groups in total. The molecule has 6 heteroatoms. The second kappa shape index (κ2) is 6.78. The smallest absolute Gasteiger partial charge is 0.338 e. The SMILES string of the molecule is O=C(OCCCc1c[nH]c2ccc(F)cc12)c1ccc(F)c(F)c1. The van der Waals surface area contributed by atoms with Gasteiger partial charge in [-0.3, -0.25) is 0 Å². The van der Waals surface area contributed by atoms with E-state index in [1.165, 1.54) is 18.2 Å². The molecular weight excluding hydrogens is 319 g/mol. The number of hydrogen-bond acceptors (Lipinski definition) is 2. The van der Waals surface area contributed by atoms with Crippen LogP contribution in [0.15, 0.2) is 42.6 Å². The Morgan fingerprint density at radius 3 is 2.67 bits per heavy atom. The average Bonchev–Trinajstić information content (AvgIpc) is 2.96. The summed E-state index contributed by atoms with van der Waals surface area (Å²) in [6.07, 6.45) is 2.91. The third-order valence-electron chi connectivity index (χ3n) is 3.71. The highest BCUT2D eigenvalue weighted by atomic mass is 19.2. The van der Waals surface area contributed by atoms with Crippen molar-refractivity contribution in [1.29, 1.82) is 0 Å². The Kier molecular flexibility index (Phi) is 4.55. The third kappa shape index (κ3) is 3.42. The van der Waals surface area contributed by atoms with Gasteiger partial charge in [-0.25, -0.2) is 18.0 Å². The maximum Gasteiger partial charge on any atom is 0.338 e. The molecule has 0 aliphatic rings. The minimum atomic E-state index is -1.09. The summed E-state index contributed by atoms with van der Waals surface area (Å²) in [7, 11) is 0. The molecule has 1 aromatic heterocycles. The lowest BCUT2D eigenvalue weighted by Crippen LogP contribution is -2.07. The Balaban J connectivity index is 1.55. The summed E-state index contributed by atoms with van der Waals surface area (Å²) in [6.45, 7) is 0.125. The normalized spacial score (nSPS) is 11.0. The number of nitrogens with one attached hydrogen (secondary N) is 1. The number of aryl methyl sites for hydroxylation is 1. The largest absolute Gasteiger partial charge is 0.462 e. The lowest BCUT2D eigenvalue weighted by Gasteiger charge is -2.05. The quantitative estimate of drug-likeness (QED) is 0.556. The van der Waals surface area contributed by atoms with Gasteiger partial charge in [0.05, 0.1) is 12.2 Å². The van der Waals surface area contributed by atoms with Crippen molar-refractivity contribution in [3.05, 3.63) is 71.2 Å². The van der Waals surface area contributed by atoms with E-state index in [1.807, 2.05) is 0 Å². The highest BCUT2D eigenvalue weighted by Crippen LogP contribution is 2.20. The molecule has 24 heavy (non-hydrogen) atoms. The van der Waals surface area contributed by atoms with Crippen LogP contribution in [0, 0.1) is 17.5 Å². The van der Waals surface area contributed by atoms with Crippen molar-refractivity contribution in [3.8, 4) is 0 Å². The lowest BCUT2D eigenvalue weighted by molar-refractivity contribution is 0.0500. The van der Waals surface area contributed by atoms with E-state index in [9.17, 15) is 18.0 Å². The molecule has 2 aromatic carbocycles. The van der Waals surface area contributed by atoms with Crippen LogP contribution in [0.4, 0.5) is 13.2 Å². The topological polar surface area (TPSA) is 42.1 Å². The van der Waals surface area contributed by atoms with Gasteiger partial charge in [0, 0.05) is 17.1 Å². The molecule has 3 aromatic rings. The van der Waals surface area contributed by atoms with Crippen molar-refractivity contribution in [2.24, 2.45) is 0 Å². The summed E-state index contributed by atoms with van der Waals surface area (Å²) >= 11 is 0. The molecule has 0 spiro atoms. The van der Waals surface area contributed by atoms with Gasteiger partial charge in [-0.1, -0.05) is 0 Å². The van der Waals surface area contributed by atoms with E-state index in [-0.39, 0.29) is 18.0 Å². The van der Waals surface area contributed by atoms with Gasteiger partial charge in [0.1, 0.15) is 5.82 Å². The lowest BCUT2D eigenvalue weighted by atomic mass is 10.1. The second-order valence-electron chi connectivity index (χ2n) is 5.37. The van der Waals surface area contributed by atoms with Gasteiger partial charge in [0.2, 0.25) is 0 Å². The van der Waals surface area contributed by atoms with Crippen LogP contribution in [0.1, 0.15) is 22.3 Å². The first-order valence-electron chi connectivity index (χ1n) is 7.42. The van der Waals surface area contributed by atoms with Crippen molar-refractivity contribution in [2.45, 2.75) is 12.8 Å². The molecule has 0 unspecified atom stereocenters. The van der Waals surface area contributed by atoms with Crippen LogP contribution in [0.5, 0.6) is 0 Å². The number of H-pyrrole nitrogens is 1. The number of ether oxygens (including phenoxy) is 1. The molecule has 3 rings (SSSR count). The number of hydrogen-bond donors (Lipinski definition) is 1. The van der Waals surface area contributed by atoms with E-state index in [0.717, 1.165) is 28.6 Å². The summed E-state index contributed by atoms with van der Waals surface area (Å²) in [5.41, 5.74) is 1.72. The fourth-order valence-corrected chi connectivity index (χ4v) is 2.49. The second-order valence-corrected chi connectivity index (χ2v) is 5.37. The maximum absolute atomic E-state index is 13.3. The zero-order valence-electron chi connectivity index (χ0n) is 12.6. The molecule has 0 bridgehead atoms. The molecule has 0 fully saturated rings. The molecule has 0 radical (unpaired) electrons. The molecule has 0 aliphatic heterocycles. The predicted octanol–water partition coefficient (Wildman–Crippen LogP) is 4.37. The van der Waals surface area contributed by atoms with Crippen LogP contribution in [0.2, 0.25) is 0 Å². The summed E-state index contributed by atoms with van der Waals surface area (Å²) in [5, 5.41) is 0.793. The molecule has 0 saturated carbocycles. The van der Waals surface area contributed by atoms with Crippen molar-refractivity contribution >= 4 is 16.9 Å². The van der Waals surface area contributed by atoms with Crippen LogP contribution in [-0.4, -0.2) is 17.6 Å². The van der Waals surface area contributed by atoms with Gasteiger partial charge >= 0.3 is 5.97 Å². The number of fused-ring (bicyclic) bond motifs is 1. The van der Waals surface area contributed by atoms with Crippen molar-refractivity contribution in [1.82, 2.24) is 4.98 Å². The van der Waals surface area contributed by atoms with Gasteiger partial charge in [-0.2, -0.15) is 0 Å². The Bertz CT molecular complexity index is 889. The number of carbonyl (C=O) groups is 1. The van der Waals surface area contributed by atoms with Crippen LogP contribution in [0.25, 0.3) is 10.9 Å². The Hall–Kier alpha value is -2.76. The number of aromatic amines is 1. The number of carbonyl (C=O) groups excluding carboxylic acids is 1. The number of aromatic nitrogens is 1. The zero-order valence-corrected chi connectivity index (χ0v) is 12.6. The molecule has 1 heterocycles. The van der Waals surface area contributed by atoms with Gasteiger partial charge < -0.3 is 9.72 Å². The molecule has 0 saturated heterocycles. The number of esters is 1. The van der Waals surface area contributed by atoms with E-state index in [0.29, 0.717) is 12.8 Å². The van der Waals surface area contributed by atoms with Crippen LogP contribution >= 0.6 is 0 Å². The van der Waals surface area contributed by atoms with Crippen LogP contribution in [-0.2, 0) is 11.2 Å². The maximum atomic E-state index is 13.3. The minimum absolute atomic E-state index is 0.0388. The van der Waals surface area contributed by atoms with Gasteiger partial charge in [-0.15, -0.1) is 0 Å². The Morgan fingerprint density at radius 2 is 1.88 bits per heavy atom. The molecule has 0 atom stereocenters. The first kappa shape index (κ1) is 16.1. The number of benzene rings is 2. The van der Waals surface area contributed by atoms with Crippen molar-refractivity contribution in [3.63, 3.8) is 0 Å². The first-order chi connectivity index (χ1) is 11.5. The summed E-state index contributed by atoms with van der Waals surface area (Å²) in [5.74, 6) is -3.13. The average molecular weight is 333 g/mol. The van der Waals surface area contributed by atoms with Crippen LogP contribution in [0.3, 0.4) is 0 Å². The van der Waals surface area contributed by atoms with E-state index in [2.05, 4.69) is 4.98 Å². The van der Waals surface area contributed by atoms with E-state index in [4.69, 9.17) is 4.74 Å². The molecule has 124 valence electrons. The summed E-state index contributed by atoms with van der Waals surface area (Å²) in [4.78, 5) is 14.8. The third-order valence-corrected chi connectivity index (χ3v) is 3.71. The van der Waals surface area contributed by atoms with Crippen molar-refractivity contribution < 1.29 is 22.7 Å². The predicted molar refractivity (Wildman–Crippen MR) is 83.2 cm³/mol. The van der Waals surface area contributed by atoms with Crippen LogP contribution < -0.4 is 0 Å². The van der Waals surface area contributed by atoms with E-state index < -0.39 is 17.6 Å². The molecule has 0 aliphatic carbocycles. The standard InChI is InChI=1S/C18H14F3NO2/c19-13-4-6-17-14(9-13)12(10-22-17)2-1-7-24-18(23)11-3-5-15(20)16(21)8-11/h3-6,8-10,22H,1-2,7H2. The van der Waals surface area contributed by atoms with Crippen molar-refractivity contribution in [2.75, 3.05) is 6.61 Å². The van der Waals surface area contributed by atoms with Gasteiger partial charge in [-0.05, 0) is 54.8 Å². The van der Waals surface area contributed by atoms with Gasteiger partial charge in [0.15, 0.2) is 11.6 Å². The Labute approximate surface area is 136 Å². The van der Waals surface area contributed by atoms with Gasteiger partial charge in [0.25, 0.3) is 0 Å². The highest BCUT2D eigenvalue weighted by Gasteiger charge is 2.11.